The van der Waals surface area contributed by atoms with Gasteiger partial charge in [0.2, 0.25) is 0 Å². The maximum atomic E-state index is 12.9. The summed E-state index contributed by atoms with van der Waals surface area (Å²) < 4.78 is 12.9. The highest BCUT2D eigenvalue weighted by Crippen LogP contribution is 2.20. The summed E-state index contributed by atoms with van der Waals surface area (Å²) in [7, 11) is 0. The molecule has 2 atom stereocenters. The molecule has 4 N–H and O–H groups in total. The normalized spacial score (nSPS) is 23.7. The van der Waals surface area contributed by atoms with Gasteiger partial charge < -0.3 is 16.2 Å². The second-order valence-corrected chi connectivity index (χ2v) is 4.72. The molecule has 1 saturated carbocycles. The molecule has 2 rings (SSSR count). The Bertz CT molecular complexity index is 451. The lowest BCUT2D eigenvalue weighted by Crippen LogP contribution is -2.40. The number of aliphatic hydroxyl groups is 1. The number of hydrogen-bond donors (Lipinski definition) is 3. The lowest BCUT2D eigenvalue weighted by atomic mass is 9.93. The molecular formula is C13H17FN2O2. The molecule has 5 heteroatoms. The number of halogens is 1. The predicted octanol–water partition coefficient (Wildman–Crippen LogP) is 1.44. The summed E-state index contributed by atoms with van der Waals surface area (Å²) in [6, 6.07) is 3.68. The number of aliphatic hydroxyl groups excluding tert-OH is 1. The number of rotatable bonds is 2. The summed E-state index contributed by atoms with van der Waals surface area (Å²) in [4.78, 5) is 12.0. The van der Waals surface area contributed by atoms with Gasteiger partial charge in [0.05, 0.1) is 11.7 Å². The zero-order valence-corrected chi connectivity index (χ0v) is 10.0. The number of nitrogen functional groups attached to an aromatic ring is 1. The van der Waals surface area contributed by atoms with Gasteiger partial charge in [0.1, 0.15) is 5.82 Å². The van der Waals surface area contributed by atoms with Crippen molar-refractivity contribution in [2.75, 3.05) is 5.73 Å². The molecule has 0 saturated heterocycles. The van der Waals surface area contributed by atoms with E-state index in [2.05, 4.69) is 5.32 Å². The van der Waals surface area contributed by atoms with Gasteiger partial charge >= 0.3 is 0 Å². The largest absolute Gasteiger partial charge is 0.398 e. The molecule has 0 spiro atoms. The van der Waals surface area contributed by atoms with E-state index in [0.717, 1.165) is 25.3 Å². The fraction of sp³-hybridized carbons (Fsp3) is 0.462. The lowest BCUT2D eigenvalue weighted by Gasteiger charge is -2.26. The number of anilines is 1. The third-order valence-corrected chi connectivity index (χ3v) is 3.24. The van der Waals surface area contributed by atoms with Gasteiger partial charge in [-0.25, -0.2) is 4.39 Å². The van der Waals surface area contributed by atoms with Crippen LogP contribution in [0.5, 0.6) is 0 Å². The number of carbonyl (C=O) groups excluding carboxylic acids is 1. The van der Waals surface area contributed by atoms with Gasteiger partial charge in [-0.2, -0.15) is 0 Å². The quantitative estimate of drug-likeness (QED) is 0.697. The van der Waals surface area contributed by atoms with E-state index >= 15 is 0 Å². The van der Waals surface area contributed by atoms with Crippen LogP contribution >= 0.6 is 0 Å². The van der Waals surface area contributed by atoms with Crippen molar-refractivity contribution < 1.29 is 14.3 Å². The van der Waals surface area contributed by atoms with Crippen molar-refractivity contribution in [2.45, 2.75) is 37.8 Å². The molecule has 1 aliphatic carbocycles. The highest BCUT2D eigenvalue weighted by molar-refractivity contribution is 5.99. The lowest BCUT2D eigenvalue weighted by molar-refractivity contribution is 0.0850. The van der Waals surface area contributed by atoms with Crippen LogP contribution in [0.2, 0.25) is 0 Å². The average Bonchev–Trinajstić information content (AvgIpc) is 2.28. The van der Waals surface area contributed by atoms with Crippen LogP contribution in [0.4, 0.5) is 10.1 Å². The summed E-state index contributed by atoms with van der Waals surface area (Å²) in [6.07, 6.45) is 2.74. The van der Waals surface area contributed by atoms with Gasteiger partial charge in [-0.05, 0) is 43.9 Å². The summed E-state index contributed by atoms with van der Waals surface area (Å²) >= 11 is 0. The molecule has 0 heterocycles. The first-order valence-electron chi connectivity index (χ1n) is 6.10. The van der Waals surface area contributed by atoms with Crippen molar-refractivity contribution in [1.82, 2.24) is 5.32 Å². The minimum atomic E-state index is -0.461. The van der Waals surface area contributed by atoms with E-state index in [1.165, 1.54) is 12.1 Å². The first-order valence-corrected chi connectivity index (χ1v) is 6.10. The molecule has 0 bridgehead atoms. The number of nitrogens with one attached hydrogen (secondary N) is 1. The molecule has 0 radical (unpaired) electrons. The highest BCUT2D eigenvalue weighted by Gasteiger charge is 2.22. The topological polar surface area (TPSA) is 75.4 Å². The Balaban J connectivity index is 2.03. The predicted molar refractivity (Wildman–Crippen MR) is 66.5 cm³/mol. The van der Waals surface area contributed by atoms with Crippen LogP contribution < -0.4 is 11.1 Å². The van der Waals surface area contributed by atoms with Crippen LogP contribution in [0.1, 0.15) is 36.0 Å². The van der Waals surface area contributed by atoms with Crippen molar-refractivity contribution in [3.05, 3.63) is 29.6 Å². The van der Waals surface area contributed by atoms with Gasteiger partial charge in [-0.1, -0.05) is 0 Å². The Kier molecular flexibility index (Phi) is 3.81. The summed E-state index contributed by atoms with van der Waals surface area (Å²) in [5, 5.41) is 12.4. The Hall–Kier alpha value is -1.62. The first kappa shape index (κ1) is 12.8. The van der Waals surface area contributed by atoms with Crippen LogP contribution in [0, 0.1) is 5.82 Å². The van der Waals surface area contributed by atoms with Gasteiger partial charge in [0, 0.05) is 11.7 Å². The Morgan fingerprint density at radius 3 is 2.89 bits per heavy atom. The number of nitrogens with two attached hydrogens (primary N) is 1. The molecule has 0 aromatic heterocycles. The molecule has 1 fully saturated rings. The summed E-state index contributed by atoms with van der Waals surface area (Å²) in [6.45, 7) is 0. The fourth-order valence-electron chi connectivity index (χ4n) is 2.30. The summed E-state index contributed by atoms with van der Waals surface area (Å²) in [5.41, 5.74) is 6.01. The molecule has 2 unspecified atom stereocenters. The van der Waals surface area contributed by atoms with Crippen molar-refractivity contribution >= 4 is 11.6 Å². The van der Waals surface area contributed by atoms with Crippen molar-refractivity contribution in [1.29, 1.82) is 0 Å². The van der Waals surface area contributed by atoms with Gasteiger partial charge in [0.15, 0.2) is 0 Å². The smallest absolute Gasteiger partial charge is 0.253 e. The Morgan fingerprint density at radius 1 is 1.44 bits per heavy atom. The van der Waals surface area contributed by atoms with E-state index in [4.69, 9.17) is 5.73 Å². The van der Waals surface area contributed by atoms with Crippen LogP contribution in [0.15, 0.2) is 18.2 Å². The minimum Gasteiger partial charge on any atom is -0.398 e. The van der Waals surface area contributed by atoms with Crippen molar-refractivity contribution in [3.8, 4) is 0 Å². The number of amides is 1. The molecule has 1 aliphatic rings. The molecule has 1 aromatic carbocycles. The van der Waals surface area contributed by atoms with E-state index < -0.39 is 5.82 Å². The second-order valence-electron chi connectivity index (χ2n) is 4.72. The molecule has 1 amide bonds. The number of benzene rings is 1. The van der Waals surface area contributed by atoms with Gasteiger partial charge in [0.25, 0.3) is 5.91 Å². The van der Waals surface area contributed by atoms with Crippen LogP contribution in [-0.4, -0.2) is 23.2 Å². The molecule has 18 heavy (non-hydrogen) atoms. The van der Waals surface area contributed by atoms with Crippen LogP contribution in [0.3, 0.4) is 0 Å². The van der Waals surface area contributed by atoms with Crippen molar-refractivity contribution in [3.63, 3.8) is 0 Å². The Labute approximate surface area is 105 Å². The molecule has 1 aromatic rings. The second kappa shape index (κ2) is 5.35. The fourth-order valence-corrected chi connectivity index (χ4v) is 2.30. The number of hydrogen-bond acceptors (Lipinski definition) is 3. The van der Waals surface area contributed by atoms with E-state index in [1.807, 2.05) is 0 Å². The zero-order valence-electron chi connectivity index (χ0n) is 10.0. The minimum absolute atomic E-state index is 0.0364. The zero-order chi connectivity index (χ0) is 13.1. The molecule has 4 nitrogen and oxygen atoms in total. The van der Waals surface area contributed by atoms with E-state index in [1.54, 1.807) is 0 Å². The molecular weight excluding hydrogens is 235 g/mol. The highest BCUT2D eigenvalue weighted by atomic mass is 19.1. The Morgan fingerprint density at radius 2 is 2.22 bits per heavy atom. The standard InChI is InChI=1S/C13H17FN2O2/c14-8-4-5-11(12(15)6-8)13(18)16-9-2-1-3-10(17)7-9/h4-6,9-10,17H,1-3,7,15H2,(H,16,18). The van der Waals surface area contributed by atoms with Crippen molar-refractivity contribution in [2.24, 2.45) is 0 Å². The number of carbonyl (C=O) groups is 1. The van der Waals surface area contributed by atoms with Crippen LogP contribution in [0.25, 0.3) is 0 Å². The van der Waals surface area contributed by atoms with Gasteiger partial charge in [-0.15, -0.1) is 0 Å². The maximum absolute atomic E-state index is 12.9. The molecule has 98 valence electrons. The monoisotopic (exact) mass is 252 g/mol. The molecule has 0 aliphatic heterocycles. The third kappa shape index (κ3) is 2.98. The van der Waals surface area contributed by atoms with E-state index in [0.29, 0.717) is 6.42 Å². The average molecular weight is 252 g/mol. The summed E-state index contributed by atoms with van der Waals surface area (Å²) in [5.74, 6) is -0.774. The van der Waals surface area contributed by atoms with Gasteiger partial charge in [-0.3, -0.25) is 4.79 Å². The van der Waals surface area contributed by atoms with E-state index in [-0.39, 0.29) is 29.3 Å². The van der Waals surface area contributed by atoms with E-state index in [9.17, 15) is 14.3 Å². The third-order valence-electron chi connectivity index (χ3n) is 3.24. The van der Waals surface area contributed by atoms with Crippen LogP contribution in [-0.2, 0) is 0 Å². The SMILES string of the molecule is Nc1cc(F)ccc1C(=O)NC1CCCC(O)C1. The maximum Gasteiger partial charge on any atom is 0.253 e. The first-order chi connectivity index (χ1) is 8.56.